The van der Waals surface area contributed by atoms with Crippen LogP contribution in [0, 0.1) is 5.82 Å². The second kappa shape index (κ2) is 7.39. The molecule has 5 nitrogen and oxygen atoms in total. The first-order valence-corrected chi connectivity index (χ1v) is 8.26. The molecule has 0 saturated carbocycles. The zero-order chi connectivity index (χ0) is 18.7. The maximum Gasteiger partial charge on any atom is 0.336 e. The fraction of sp³-hybridized carbons (Fsp3) is 0.200. The van der Waals surface area contributed by atoms with E-state index in [4.69, 9.17) is 9.15 Å². The van der Waals surface area contributed by atoms with Crippen LogP contribution in [0.4, 0.5) is 10.1 Å². The number of carbonyl (C=O) groups is 1. The predicted octanol–water partition coefficient (Wildman–Crippen LogP) is 3.90. The first-order chi connectivity index (χ1) is 12.5. The Morgan fingerprint density at radius 3 is 2.73 bits per heavy atom. The number of hydrogen-bond donors (Lipinski definition) is 1. The summed E-state index contributed by atoms with van der Waals surface area (Å²) in [5.74, 6) is -0.628. The van der Waals surface area contributed by atoms with Crippen molar-refractivity contribution < 1.29 is 18.3 Å². The van der Waals surface area contributed by atoms with Gasteiger partial charge >= 0.3 is 5.63 Å². The molecule has 1 amide bonds. The molecule has 1 N–H and O–H groups in total. The van der Waals surface area contributed by atoms with Gasteiger partial charge < -0.3 is 14.5 Å². The van der Waals surface area contributed by atoms with Gasteiger partial charge in [-0.1, -0.05) is 19.1 Å². The molecule has 0 radical (unpaired) electrons. The molecule has 6 heteroatoms. The number of para-hydroxylation sites is 1. The summed E-state index contributed by atoms with van der Waals surface area (Å²) in [4.78, 5) is 23.8. The highest BCUT2D eigenvalue weighted by Gasteiger charge is 2.17. The van der Waals surface area contributed by atoms with Crippen LogP contribution in [0.5, 0.6) is 5.75 Å². The molecular formula is C20H18FNO4. The molecule has 0 aliphatic carbocycles. The lowest BCUT2D eigenvalue weighted by Gasteiger charge is -2.15. The number of nitrogens with one attached hydrogen (secondary N) is 1. The highest BCUT2D eigenvalue weighted by atomic mass is 19.1. The van der Waals surface area contributed by atoms with Crippen molar-refractivity contribution in [3.63, 3.8) is 0 Å². The SMILES string of the molecule is CCc1cc(=O)oc2cc(O[C@H](C)C(=O)Nc3ccccc3F)ccc12. The number of rotatable bonds is 5. The summed E-state index contributed by atoms with van der Waals surface area (Å²) in [6.45, 7) is 3.51. The summed E-state index contributed by atoms with van der Waals surface area (Å²) >= 11 is 0. The Morgan fingerprint density at radius 2 is 2.00 bits per heavy atom. The monoisotopic (exact) mass is 355 g/mol. The third-order valence-electron chi connectivity index (χ3n) is 4.00. The van der Waals surface area contributed by atoms with Crippen molar-refractivity contribution in [2.45, 2.75) is 26.4 Å². The highest BCUT2D eigenvalue weighted by Crippen LogP contribution is 2.24. The van der Waals surface area contributed by atoms with Crippen LogP contribution in [0.1, 0.15) is 19.4 Å². The van der Waals surface area contributed by atoms with Gasteiger partial charge in [0, 0.05) is 17.5 Å². The molecule has 0 unspecified atom stereocenters. The quantitative estimate of drug-likeness (QED) is 0.705. The largest absolute Gasteiger partial charge is 0.481 e. The van der Waals surface area contributed by atoms with Crippen molar-refractivity contribution in [2.75, 3.05) is 5.32 Å². The Labute approximate surface area is 149 Å². The van der Waals surface area contributed by atoms with Crippen molar-refractivity contribution in [2.24, 2.45) is 0 Å². The van der Waals surface area contributed by atoms with E-state index in [9.17, 15) is 14.0 Å². The van der Waals surface area contributed by atoms with Crippen LogP contribution in [-0.2, 0) is 11.2 Å². The van der Waals surface area contributed by atoms with Crippen LogP contribution in [0.2, 0.25) is 0 Å². The average Bonchev–Trinajstić information content (AvgIpc) is 2.62. The van der Waals surface area contributed by atoms with Gasteiger partial charge in [-0.15, -0.1) is 0 Å². The van der Waals surface area contributed by atoms with Crippen LogP contribution >= 0.6 is 0 Å². The van der Waals surface area contributed by atoms with E-state index >= 15 is 0 Å². The maximum absolute atomic E-state index is 13.6. The highest BCUT2D eigenvalue weighted by molar-refractivity contribution is 5.94. The standard InChI is InChI=1S/C20H18FNO4/c1-3-13-10-19(23)26-18-11-14(8-9-15(13)18)25-12(2)20(24)22-17-7-5-4-6-16(17)21/h4-12H,3H2,1-2H3,(H,22,24)/t12-/m1/s1. The minimum atomic E-state index is -0.867. The summed E-state index contributed by atoms with van der Waals surface area (Å²) in [5, 5.41) is 3.30. The lowest BCUT2D eigenvalue weighted by molar-refractivity contribution is -0.122. The fourth-order valence-electron chi connectivity index (χ4n) is 2.63. The summed E-state index contributed by atoms with van der Waals surface area (Å²) < 4.78 is 24.5. The molecule has 2 aromatic carbocycles. The van der Waals surface area contributed by atoms with Crippen LogP contribution < -0.4 is 15.7 Å². The molecule has 3 rings (SSSR count). The summed E-state index contributed by atoms with van der Waals surface area (Å²) in [6.07, 6.45) is -0.169. The Hall–Kier alpha value is -3.15. The normalized spacial score (nSPS) is 12.0. The van der Waals surface area contributed by atoms with E-state index in [2.05, 4.69) is 5.32 Å². The first-order valence-electron chi connectivity index (χ1n) is 8.26. The van der Waals surface area contributed by atoms with E-state index in [0.29, 0.717) is 17.8 Å². The Kier molecular flexibility index (Phi) is 5.02. The molecule has 1 aromatic heterocycles. The molecule has 0 spiro atoms. The Morgan fingerprint density at radius 1 is 1.23 bits per heavy atom. The molecule has 3 aromatic rings. The molecular weight excluding hydrogens is 337 g/mol. The number of carbonyl (C=O) groups excluding carboxylic acids is 1. The number of halogens is 1. The number of ether oxygens (including phenoxy) is 1. The lowest BCUT2D eigenvalue weighted by Crippen LogP contribution is -2.30. The van der Waals surface area contributed by atoms with Crippen LogP contribution in [0.25, 0.3) is 11.0 Å². The van der Waals surface area contributed by atoms with E-state index in [-0.39, 0.29) is 5.69 Å². The molecule has 1 atom stereocenters. The van der Waals surface area contributed by atoms with Crippen molar-refractivity contribution in [3.8, 4) is 5.75 Å². The van der Waals surface area contributed by atoms with E-state index in [1.54, 1.807) is 37.3 Å². The van der Waals surface area contributed by atoms with Crippen molar-refractivity contribution in [1.29, 1.82) is 0 Å². The predicted molar refractivity (Wildman–Crippen MR) is 97.0 cm³/mol. The van der Waals surface area contributed by atoms with Gasteiger partial charge in [-0.3, -0.25) is 4.79 Å². The second-order valence-corrected chi connectivity index (χ2v) is 5.83. The number of aryl methyl sites for hydroxylation is 1. The van der Waals surface area contributed by atoms with E-state index in [1.807, 2.05) is 6.92 Å². The maximum atomic E-state index is 13.6. The molecule has 0 aliphatic heterocycles. The number of anilines is 1. The van der Waals surface area contributed by atoms with Crippen molar-refractivity contribution >= 4 is 22.6 Å². The van der Waals surface area contributed by atoms with E-state index in [1.165, 1.54) is 18.2 Å². The van der Waals surface area contributed by atoms with Crippen LogP contribution in [0.3, 0.4) is 0 Å². The molecule has 0 saturated heterocycles. The van der Waals surface area contributed by atoms with Crippen LogP contribution in [0.15, 0.2) is 57.7 Å². The lowest BCUT2D eigenvalue weighted by atomic mass is 10.1. The minimum absolute atomic E-state index is 0.0880. The Bertz CT molecular complexity index is 1010. The summed E-state index contributed by atoms with van der Waals surface area (Å²) in [7, 11) is 0. The molecule has 1 heterocycles. The smallest absolute Gasteiger partial charge is 0.336 e. The number of amides is 1. The molecule has 0 fully saturated rings. The molecule has 0 bridgehead atoms. The Balaban J connectivity index is 1.78. The zero-order valence-corrected chi connectivity index (χ0v) is 14.4. The molecule has 0 aliphatic rings. The summed E-state index contributed by atoms with van der Waals surface area (Å²) in [6, 6.07) is 12.4. The molecule has 134 valence electrons. The van der Waals surface area contributed by atoms with Gasteiger partial charge in [0.1, 0.15) is 17.1 Å². The van der Waals surface area contributed by atoms with Crippen molar-refractivity contribution in [3.05, 3.63) is 70.3 Å². The van der Waals surface area contributed by atoms with Crippen molar-refractivity contribution in [1.82, 2.24) is 0 Å². The van der Waals surface area contributed by atoms with Gasteiger partial charge in [0.25, 0.3) is 5.91 Å². The number of benzene rings is 2. The van der Waals surface area contributed by atoms with Crippen LogP contribution in [-0.4, -0.2) is 12.0 Å². The fourth-order valence-corrected chi connectivity index (χ4v) is 2.63. The topological polar surface area (TPSA) is 68.5 Å². The van der Waals surface area contributed by atoms with Gasteiger partial charge in [-0.05, 0) is 43.2 Å². The number of fused-ring (bicyclic) bond motifs is 1. The average molecular weight is 355 g/mol. The zero-order valence-electron chi connectivity index (χ0n) is 14.4. The summed E-state index contributed by atoms with van der Waals surface area (Å²) in [5.41, 5.74) is 0.934. The van der Waals surface area contributed by atoms with E-state index in [0.717, 1.165) is 10.9 Å². The van der Waals surface area contributed by atoms with Gasteiger partial charge in [-0.25, -0.2) is 9.18 Å². The number of hydrogen-bond acceptors (Lipinski definition) is 4. The molecule has 26 heavy (non-hydrogen) atoms. The van der Waals surface area contributed by atoms with Gasteiger partial charge in [0.2, 0.25) is 0 Å². The third-order valence-corrected chi connectivity index (χ3v) is 4.00. The van der Waals surface area contributed by atoms with E-state index < -0.39 is 23.5 Å². The first kappa shape index (κ1) is 17.7. The van der Waals surface area contributed by atoms with Gasteiger partial charge in [-0.2, -0.15) is 0 Å². The second-order valence-electron chi connectivity index (χ2n) is 5.83. The third kappa shape index (κ3) is 3.74. The van der Waals surface area contributed by atoms with Gasteiger partial charge in [0.15, 0.2) is 6.10 Å². The minimum Gasteiger partial charge on any atom is -0.481 e. The van der Waals surface area contributed by atoms with Gasteiger partial charge in [0.05, 0.1) is 5.69 Å².